The maximum Gasteiger partial charge on any atom is 0.307 e. The van der Waals surface area contributed by atoms with Crippen LogP contribution < -0.4 is 0 Å². The maximum absolute atomic E-state index is 12.0. The third-order valence-electron chi connectivity index (χ3n) is 4.71. The zero-order chi connectivity index (χ0) is 20.6. The average molecular weight is 406 g/mol. The molecule has 0 saturated heterocycles. The molecule has 2 aromatic rings. The molecule has 0 radical (unpaired) electrons. The average Bonchev–Trinajstić information content (AvgIpc) is 3.10. The Labute approximate surface area is 167 Å². The molecule has 0 bridgehead atoms. The molecule has 154 valence electrons. The van der Waals surface area contributed by atoms with Crippen molar-refractivity contribution in [2.75, 3.05) is 6.61 Å². The fourth-order valence-corrected chi connectivity index (χ4v) is 3.85. The van der Waals surface area contributed by atoms with Gasteiger partial charge in [0.15, 0.2) is 5.82 Å². The Kier molecular flexibility index (Phi) is 8.25. The lowest BCUT2D eigenvalue weighted by Crippen LogP contribution is -2.27. The van der Waals surface area contributed by atoms with Crippen LogP contribution in [0.25, 0.3) is 0 Å². The highest BCUT2D eigenvalue weighted by Gasteiger charge is 2.33. The van der Waals surface area contributed by atoms with Crippen LogP contribution in [0.15, 0.2) is 24.5 Å². The van der Waals surface area contributed by atoms with Gasteiger partial charge in [-0.05, 0) is 47.0 Å². The molecule has 28 heavy (non-hydrogen) atoms. The summed E-state index contributed by atoms with van der Waals surface area (Å²) < 4.78 is 7.39. The first-order valence-electron chi connectivity index (χ1n) is 9.77. The van der Waals surface area contributed by atoms with Gasteiger partial charge >= 0.3 is 5.97 Å². The molecule has 0 aliphatic heterocycles. The summed E-state index contributed by atoms with van der Waals surface area (Å²) in [6.45, 7) is 9.77. The number of carbonyl (C=O) groups is 1. The van der Waals surface area contributed by atoms with Gasteiger partial charge in [0.25, 0.3) is 0 Å². The van der Waals surface area contributed by atoms with E-state index in [9.17, 15) is 9.90 Å². The van der Waals surface area contributed by atoms with Gasteiger partial charge in [-0.3, -0.25) is 9.78 Å². The Hall–Kier alpha value is -2.13. The molecule has 0 saturated carbocycles. The van der Waals surface area contributed by atoms with E-state index in [2.05, 4.69) is 40.2 Å². The highest BCUT2D eigenvalue weighted by atomic mass is 28.3. The van der Waals surface area contributed by atoms with Gasteiger partial charge in [-0.1, -0.05) is 33.0 Å². The molecule has 2 aromatic heterocycles. The number of rotatable bonds is 12. The molecular formula is C19H31N5O3Si. The number of aromatic nitrogens is 5. The Morgan fingerprint density at radius 2 is 2.00 bits per heavy atom. The highest BCUT2D eigenvalue weighted by molar-refractivity contribution is 6.76. The summed E-state index contributed by atoms with van der Waals surface area (Å²) >= 11 is 0. The van der Waals surface area contributed by atoms with E-state index >= 15 is 0 Å². The summed E-state index contributed by atoms with van der Waals surface area (Å²) in [6.07, 6.45) is 5.30. The smallest absolute Gasteiger partial charge is 0.307 e. The van der Waals surface area contributed by atoms with Gasteiger partial charge in [0.2, 0.25) is 0 Å². The number of carboxylic acid groups (broad SMARTS) is 1. The third kappa shape index (κ3) is 6.79. The largest absolute Gasteiger partial charge is 0.481 e. The Morgan fingerprint density at radius 3 is 2.61 bits per heavy atom. The summed E-state index contributed by atoms with van der Waals surface area (Å²) in [5.41, 5.74) is 1.01. The molecule has 8 nitrogen and oxygen atoms in total. The molecule has 2 rings (SSSR count). The van der Waals surface area contributed by atoms with Crippen molar-refractivity contribution in [3.8, 4) is 0 Å². The SMILES string of the molecule is CCC[C@H](C(=O)O)[C@H](Cc1ccncc1)c1nnnn1COCC[Si](C)(C)C. The Bertz CT molecular complexity index is 733. The van der Waals surface area contributed by atoms with Gasteiger partial charge in [0.05, 0.1) is 5.92 Å². The first-order valence-corrected chi connectivity index (χ1v) is 13.5. The molecule has 0 aromatic carbocycles. The van der Waals surface area contributed by atoms with Crippen LogP contribution >= 0.6 is 0 Å². The second-order valence-corrected chi connectivity index (χ2v) is 13.9. The minimum Gasteiger partial charge on any atom is -0.481 e. The zero-order valence-corrected chi connectivity index (χ0v) is 18.2. The molecule has 0 aliphatic carbocycles. The fourth-order valence-electron chi connectivity index (χ4n) is 3.09. The first-order chi connectivity index (χ1) is 13.3. The van der Waals surface area contributed by atoms with Crippen molar-refractivity contribution < 1.29 is 14.6 Å². The quantitative estimate of drug-likeness (QED) is 0.427. The monoisotopic (exact) mass is 405 g/mol. The minimum atomic E-state index is -1.18. The van der Waals surface area contributed by atoms with Gasteiger partial charge in [0, 0.05) is 33.0 Å². The minimum absolute atomic E-state index is 0.234. The van der Waals surface area contributed by atoms with Crippen LogP contribution in [0.2, 0.25) is 25.7 Å². The van der Waals surface area contributed by atoms with Gasteiger partial charge in [-0.15, -0.1) is 5.10 Å². The molecule has 0 amide bonds. The van der Waals surface area contributed by atoms with E-state index in [1.54, 1.807) is 17.1 Å². The number of ether oxygens (including phenoxy) is 1. The third-order valence-corrected chi connectivity index (χ3v) is 6.41. The second kappa shape index (κ2) is 10.4. The van der Waals surface area contributed by atoms with E-state index in [4.69, 9.17) is 4.74 Å². The number of carboxylic acids is 1. The van der Waals surface area contributed by atoms with Crippen molar-refractivity contribution in [3.63, 3.8) is 0 Å². The number of pyridine rings is 1. The van der Waals surface area contributed by atoms with E-state index < -0.39 is 20.0 Å². The molecule has 0 unspecified atom stereocenters. The van der Waals surface area contributed by atoms with Gasteiger partial charge in [-0.25, -0.2) is 4.68 Å². The molecule has 9 heteroatoms. The summed E-state index contributed by atoms with van der Waals surface area (Å²) in [7, 11) is -1.18. The molecule has 1 N–H and O–H groups in total. The predicted octanol–water partition coefficient (Wildman–Crippen LogP) is 3.21. The van der Waals surface area contributed by atoms with Crippen molar-refractivity contribution in [2.45, 2.75) is 64.5 Å². The molecule has 2 heterocycles. The molecule has 0 aliphatic rings. The second-order valence-electron chi connectivity index (χ2n) is 8.28. The summed E-state index contributed by atoms with van der Waals surface area (Å²) in [5.74, 6) is -1.17. The van der Waals surface area contributed by atoms with E-state index in [1.807, 2.05) is 19.1 Å². The summed E-state index contributed by atoms with van der Waals surface area (Å²) in [5, 5.41) is 21.9. The lowest BCUT2D eigenvalue weighted by atomic mass is 9.83. The van der Waals surface area contributed by atoms with Crippen LogP contribution in [-0.4, -0.2) is 50.9 Å². The van der Waals surface area contributed by atoms with Crippen molar-refractivity contribution in [1.29, 1.82) is 0 Å². The normalized spacial score (nSPS) is 14.0. The van der Waals surface area contributed by atoms with Gasteiger partial charge in [0.1, 0.15) is 6.73 Å². The first kappa shape index (κ1) is 22.2. The maximum atomic E-state index is 12.0. The topological polar surface area (TPSA) is 103 Å². The Balaban J connectivity index is 2.20. The van der Waals surface area contributed by atoms with Crippen molar-refractivity contribution >= 4 is 14.0 Å². The van der Waals surface area contributed by atoms with E-state index in [1.165, 1.54) is 0 Å². The standard InChI is InChI=1S/C19H31N5O3Si/c1-5-6-16(19(25)26)17(13-15-7-9-20-10-8-15)18-21-22-23-24(18)14-27-11-12-28(2,3)4/h7-10,16-17H,5-6,11-14H2,1-4H3,(H,25,26)/t16-,17-/m0/s1. The number of hydrogen-bond donors (Lipinski definition) is 1. The predicted molar refractivity (Wildman–Crippen MR) is 109 cm³/mol. The molecular weight excluding hydrogens is 374 g/mol. The van der Waals surface area contributed by atoms with E-state index in [-0.39, 0.29) is 12.6 Å². The van der Waals surface area contributed by atoms with Crippen LogP contribution in [0.4, 0.5) is 0 Å². The molecule has 0 spiro atoms. The van der Waals surface area contributed by atoms with Crippen molar-refractivity contribution in [2.24, 2.45) is 5.92 Å². The van der Waals surface area contributed by atoms with E-state index in [0.717, 1.165) is 18.0 Å². The lowest BCUT2D eigenvalue weighted by Gasteiger charge is -2.23. The van der Waals surface area contributed by atoms with Crippen LogP contribution in [-0.2, 0) is 22.7 Å². The van der Waals surface area contributed by atoms with Crippen LogP contribution in [0.3, 0.4) is 0 Å². The molecule has 0 fully saturated rings. The van der Waals surface area contributed by atoms with Crippen LogP contribution in [0, 0.1) is 5.92 Å². The number of nitrogens with zero attached hydrogens (tertiary/aromatic N) is 5. The number of tetrazole rings is 1. The van der Waals surface area contributed by atoms with Gasteiger partial charge < -0.3 is 9.84 Å². The lowest BCUT2D eigenvalue weighted by molar-refractivity contribution is -0.143. The highest BCUT2D eigenvalue weighted by Crippen LogP contribution is 2.30. The summed E-state index contributed by atoms with van der Waals surface area (Å²) in [6, 6.07) is 4.85. The van der Waals surface area contributed by atoms with Gasteiger partial charge in [-0.2, -0.15) is 0 Å². The van der Waals surface area contributed by atoms with Crippen molar-refractivity contribution in [1.82, 2.24) is 25.2 Å². The van der Waals surface area contributed by atoms with Crippen LogP contribution in [0.1, 0.15) is 37.1 Å². The Morgan fingerprint density at radius 1 is 1.29 bits per heavy atom. The van der Waals surface area contributed by atoms with Crippen LogP contribution in [0.5, 0.6) is 0 Å². The number of aliphatic carboxylic acids is 1. The number of hydrogen-bond acceptors (Lipinski definition) is 6. The zero-order valence-electron chi connectivity index (χ0n) is 17.2. The van der Waals surface area contributed by atoms with E-state index in [0.29, 0.717) is 25.3 Å². The summed E-state index contributed by atoms with van der Waals surface area (Å²) in [4.78, 5) is 16.0. The molecule has 2 atom stereocenters. The fraction of sp³-hybridized carbons (Fsp3) is 0.632. The van der Waals surface area contributed by atoms with Crippen molar-refractivity contribution in [3.05, 3.63) is 35.9 Å².